The molecular formula is C18H13Cl2NO4. The molecule has 0 atom stereocenters. The van der Waals surface area contributed by atoms with Crippen LogP contribution < -0.4 is 9.64 Å². The Kier molecular flexibility index (Phi) is 4.70. The van der Waals surface area contributed by atoms with Gasteiger partial charge in [-0.25, -0.2) is 4.90 Å². The number of aliphatic hydroxyl groups is 1. The van der Waals surface area contributed by atoms with Crippen LogP contribution in [0.2, 0.25) is 10.0 Å². The molecule has 0 saturated heterocycles. The first-order valence-electron chi connectivity index (χ1n) is 7.44. The van der Waals surface area contributed by atoms with E-state index in [0.717, 1.165) is 4.90 Å². The molecule has 1 N–H and O–H groups in total. The minimum atomic E-state index is -0.849. The molecule has 0 saturated carbocycles. The molecule has 0 radical (unpaired) electrons. The third-order valence-electron chi connectivity index (χ3n) is 3.66. The Morgan fingerprint density at radius 3 is 2.36 bits per heavy atom. The standard InChI is InChI=1S/C18H13Cl2NO4/c1-2-25-12-6-3-10(4-7-12)15-16(22)18(24)21(17(15)23)14-9-11(19)5-8-13(14)20/h3-9,22H,2H2,1H3. The summed E-state index contributed by atoms with van der Waals surface area (Å²) in [7, 11) is 0. The van der Waals surface area contributed by atoms with Gasteiger partial charge in [-0.15, -0.1) is 0 Å². The molecule has 1 aliphatic heterocycles. The van der Waals surface area contributed by atoms with E-state index in [1.807, 2.05) is 6.92 Å². The average molecular weight is 378 g/mol. The Labute approximate surface area is 154 Å². The highest BCUT2D eigenvalue weighted by Gasteiger charge is 2.41. The molecule has 1 heterocycles. The second-order valence-electron chi connectivity index (χ2n) is 5.22. The Bertz CT molecular complexity index is 890. The fourth-order valence-corrected chi connectivity index (χ4v) is 2.91. The second kappa shape index (κ2) is 6.78. The molecule has 1 aliphatic rings. The van der Waals surface area contributed by atoms with Gasteiger partial charge in [0.1, 0.15) is 5.75 Å². The van der Waals surface area contributed by atoms with Crippen molar-refractivity contribution in [2.75, 3.05) is 11.5 Å². The van der Waals surface area contributed by atoms with Crippen LogP contribution in [-0.4, -0.2) is 23.5 Å². The molecule has 25 heavy (non-hydrogen) atoms. The molecule has 0 spiro atoms. The minimum absolute atomic E-state index is 0.0934. The number of benzene rings is 2. The van der Waals surface area contributed by atoms with Crippen LogP contribution in [0.25, 0.3) is 5.57 Å². The summed E-state index contributed by atoms with van der Waals surface area (Å²) in [5, 5.41) is 10.7. The highest BCUT2D eigenvalue weighted by molar-refractivity contribution is 6.47. The number of carbonyl (C=O) groups is 2. The molecule has 0 unspecified atom stereocenters. The summed E-state index contributed by atoms with van der Waals surface area (Å²) < 4.78 is 5.34. The van der Waals surface area contributed by atoms with E-state index in [1.54, 1.807) is 30.3 Å². The fraction of sp³-hybridized carbons (Fsp3) is 0.111. The summed E-state index contributed by atoms with van der Waals surface area (Å²) >= 11 is 12.0. The predicted molar refractivity (Wildman–Crippen MR) is 96.1 cm³/mol. The molecule has 0 aliphatic carbocycles. The normalized spacial score (nSPS) is 14.4. The van der Waals surface area contributed by atoms with Crippen LogP contribution in [0.3, 0.4) is 0 Å². The molecule has 0 fully saturated rings. The number of hydrogen-bond donors (Lipinski definition) is 1. The van der Waals surface area contributed by atoms with Crippen molar-refractivity contribution in [1.82, 2.24) is 0 Å². The van der Waals surface area contributed by atoms with Crippen LogP contribution in [-0.2, 0) is 9.59 Å². The lowest BCUT2D eigenvalue weighted by atomic mass is 10.1. The van der Waals surface area contributed by atoms with Crippen LogP contribution in [0.4, 0.5) is 5.69 Å². The van der Waals surface area contributed by atoms with Gasteiger partial charge >= 0.3 is 5.91 Å². The van der Waals surface area contributed by atoms with Crippen LogP contribution >= 0.6 is 23.2 Å². The van der Waals surface area contributed by atoms with Gasteiger partial charge in [0, 0.05) is 5.02 Å². The van der Waals surface area contributed by atoms with Crippen LogP contribution in [0.1, 0.15) is 12.5 Å². The maximum absolute atomic E-state index is 12.8. The largest absolute Gasteiger partial charge is 0.502 e. The van der Waals surface area contributed by atoms with E-state index in [9.17, 15) is 14.7 Å². The van der Waals surface area contributed by atoms with E-state index < -0.39 is 17.6 Å². The van der Waals surface area contributed by atoms with Crippen molar-refractivity contribution < 1.29 is 19.4 Å². The van der Waals surface area contributed by atoms with Gasteiger partial charge in [0.25, 0.3) is 5.91 Å². The lowest BCUT2D eigenvalue weighted by Gasteiger charge is -2.16. The number of rotatable bonds is 4. The third-order valence-corrected chi connectivity index (χ3v) is 4.22. The molecule has 2 aromatic rings. The molecule has 0 aromatic heterocycles. The predicted octanol–water partition coefficient (Wildman–Crippen LogP) is 4.23. The Hall–Kier alpha value is -2.50. The van der Waals surface area contributed by atoms with Crippen molar-refractivity contribution in [3.8, 4) is 5.75 Å². The number of anilines is 1. The van der Waals surface area contributed by atoms with Crippen molar-refractivity contribution >= 4 is 46.3 Å². The Balaban J connectivity index is 2.01. The molecule has 0 bridgehead atoms. The minimum Gasteiger partial charge on any atom is -0.502 e. The van der Waals surface area contributed by atoms with E-state index in [4.69, 9.17) is 27.9 Å². The number of carbonyl (C=O) groups excluding carboxylic acids is 2. The van der Waals surface area contributed by atoms with Crippen molar-refractivity contribution in [3.05, 3.63) is 63.8 Å². The zero-order valence-electron chi connectivity index (χ0n) is 13.1. The number of nitrogens with zero attached hydrogens (tertiary/aromatic N) is 1. The molecule has 5 nitrogen and oxygen atoms in total. The van der Waals surface area contributed by atoms with Crippen molar-refractivity contribution in [2.45, 2.75) is 6.92 Å². The van der Waals surface area contributed by atoms with Gasteiger partial charge in [-0.1, -0.05) is 35.3 Å². The van der Waals surface area contributed by atoms with E-state index in [2.05, 4.69) is 0 Å². The van der Waals surface area contributed by atoms with Gasteiger partial charge in [-0.2, -0.15) is 0 Å². The molecule has 7 heteroatoms. The van der Waals surface area contributed by atoms with Gasteiger partial charge in [0.05, 0.1) is 22.9 Å². The first-order chi connectivity index (χ1) is 11.9. The van der Waals surface area contributed by atoms with Gasteiger partial charge in [-0.05, 0) is 42.8 Å². The second-order valence-corrected chi connectivity index (χ2v) is 6.07. The molecule has 3 rings (SSSR count). The topological polar surface area (TPSA) is 66.8 Å². The third kappa shape index (κ3) is 3.08. The van der Waals surface area contributed by atoms with Crippen LogP contribution in [0.15, 0.2) is 48.2 Å². The monoisotopic (exact) mass is 377 g/mol. The summed E-state index contributed by atoms with van der Waals surface area (Å²) in [6.45, 7) is 2.36. The Morgan fingerprint density at radius 1 is 1.04 bits per heavy atom. The number of imide groups is 1. The summed E-state index contributed by atoms with van der Waals surface area (Å²) in [5.41, 5.74) is 0.431. The van der Waals surface area contributed by atoms with E-state index in [-0.39, 0.29) is 16.3 Å². The Morgan fingerprint density at radius 2 is 1.72 bits per heavy atom. The maximum Gasteiger partial charge on any atom is 0.301 e. The lowest BCUT2D eigenvalue weighted by Crippen LogP contribution is -2.31. The number of ether oxygens (including phenoxy) is 1. The van der Waals surface area contributed by atoms with Gasteiger partial charge in [-0.3, -0.25) is 9.59 Å². The van der Waals surface area contributed by atoms with E-state index in [0.29, 0.717) is 22.9 Å². The van der Waals surface area contributed by atoms with Gasteiger partial charge in [0.15, 0.2) is 5.76 Å². The van der Waals surface area contributed by atoms with Crippen LogP contribution in [0, 0.1) is 0 Å². The molecule has 2 amide bonds. The number of halogens is 2. The number of amides is 2. The van der Waals surface area contributed by atoms with Crippen LogP contribution in [0.5, 0.6) is 5.75 Å². The summed E-state index contributed by atoms with van der Waals surface area (Å²) in [6.07, 6.45) is 0. The quantitative estimate of drug-likeness (QED) is 0.809. The first kappa shape index (κ1) is 17.3. The highest BCUT2D eigenvalue weighted by Crippen LogP contribution is 2.37. The highest BCUT2D eigenvalue weighted by atomic mass is 35.5. The van der Waals surface area contributed by atoms with Gasteiger partial charge < -0.3 is 9.84 Å². The molecule has 128 valence electrons. The molecule has 2 aromatic carbocycles. The SMILES string of the molecule is CCOc1ccc(C2=C(O)C(=O)N(c3cc(Cl)ccc3Cl)C2=O)cc1. The van der Waals surface area contributed by atoms with Crippen molar-refractivity contribution in [2.24, 2.45) is 0 Å². The summed E-state index contributed by atoms with van der Waals surface area (Å²) in [5.74, 6) is -1.53. The average Bonchev–Trinajstić information content (AvgIpc) is 2.81. The van der Waals surface area contributed by atoms with Gasteiger partial charge in [0.2, 0.25) is 0 Å². The van der Waals surface area contributed by atoms with E-state index in [1.165, 1.54) is 12.1 Å². The fourth-order valence-electron chi connectivity index (χ4n) is 2.54. The van der Waals surface area contributed by atoms with Crippen molar-refractivity contribution in [1.29, 1.82) is 0 Å². The smallest absolute Gasteiger partial charge is 0.301 e. The first-order valence-corrected chi connectivity index (χ1v) is 8.20. The molecular weight excluding hydrogens is 365 g/mol. The zero-order chi connectivity index (χ0) is 18.1. The van der Waals surface area contributed by atoms with Crippen molar-refractivity contribution in [3.63, 3.8) is 0 Å². The number of hydrogen-bond acceptors (Lipinski definition) is 4. The maximum atomic E-state index is 12.8. The lowest BCUT2D eigenvalue weighted by molar-refractivity contribution is -0.121. The van der Waals surface area contributed by atoms with E-state index >= 15 is 0 Å². The number of aliphatic hydroxyl groups excluding tert-OH is 1. The zero-order valence-corrected chi connectivity index (χ0v) is 14.6. The summed E-state index contributed by atoms with van der Waals surface area (Å²) in [6, 6.07) is 10.9. The summed E-state index contributed by atoms with van der Waals surface area (Å²) in [4.78, 5) is 26.0.